The number of carbonyl (C=O) groups is 5. The summed E-state index contributed by atoms with van der Waals surface area (Å²) in [6.07, 6.45) is 8.36. The number of amides is 4. The third-order valence-corrected chi connectivity index (χ3v) is 8.86. The number of carboxylic acid groups (broad SMARTS) is 1. The Kier molecular flexibility index (Phi) is 11.4. The standard InChI is InChI=1S/C29H49N5O6/c1-20(2)24(27(39)32(3)22(19-23(35)36)26(38)34-17-10-7-11-18-34)33(4)28(40)29(14-8-5-6-9-15-29)31-25(37)21-13-12-16-30-21/h20-22,24,30H,5-19H2,1-4H3,(H,31,37)(H,35,36)/t21-,22?,24?/m0/s1. The normalized spacial score (nSPS) is 22.6. The number of nitrogens with one attached hydrogen (secondary N) is 2. The number of rotatable bonds is 10. The average molecular weight is 564 g/mol. The molecule has 4 amide bonds. The zero-order chi connectivity index (χ0) is 29.4. The van der Waals surface area contributed by atoms with Gasteiger partial charge in [0.05, 0.1) is 12.5 Å². The molecule has 11 heteroatoms. The maximum absolute atomic E-state index is 14.3. The van der Waals surface area contributed by atoms with Crippen LogP contribution in [0.3, 0.4) is 0 Å². The van der Waals surface area contributed by atoms with Crippen LogP contribution in [0.2, 0.25) is 0 Å². The minimum absolute atomic E-state index is 0.181. The lowest BCUT2D eigenvalue weighted by molar-refractivity contribution is -0.156. The number of carboxylic acids is 1. The van der Waals surface area contributed by atoms with Gasteiger partial charge in [0.1, 0.15) is 17.6 Å². The highest BCUT2D eigenvalue weighted by atomic mass is 16.4. The zero-order valence-electron chi connectivity index (χ0n) is 24.7. The summed E-state index contributed by atoms with van der Waals surface area (Å²) < 4.78 is 0. The van der Waals surface area contributed by atoms with Gasteiger partial charge in [0.15, 0.2) is 0 Å². The van der Waals surface area contributed by atoms with Crippen molar-refractivity contribution in [2.75, 3.05) is 33.7 Å². The number of aliphatic carboxylic acids is 1. The van der Waals surface area contributed by atoms with Gasteiger partial charge in [0.2, 0.25) is 23.6 Å². The maximum atomic E-state index is 14.3. The summed E-state index contributed by atoms with van der Waals surface area (Å²) in [5.74, 6) is -2.81. The summed E-state index contributed by atoms with van der Waals surface area (Å²) in [6.45, 7) is 5.52. The van der Waals surface area contributed by atoms with Crippen molar-refractivity contribution in [1.29, 1.82) is 0 Å². The molecule has 40 heavy (non-hydrogen) atoms. The van der Waals surface area contributed by atoms with Crippen LogP contribution in [0.25, 0.3) is 0 Å². The Hall–Kier alpha value is -2.69. The van der Waals surface area contributed by atoms with Gasteiger partial charge in [-0.05, 0) is 57.4 Å². The van der Waals surface area contributed by atoms with Crippen LogP contribution in [-0.2, 0) is 24.0 Å². The minimum atomic E-state index is -1.17. The SMILES string of the molecule is CC(C)C(C(=O)N(C)C(CC(=O)O)C(=O)N1CCCCC1)N(C)C(=O)C1(NC(=O)[C@@H]2CCCN2)CCCCCC1. The third kappa shape index (κ3) is 7.53. The van der Waals surface area contributed by atoms with E-state index in [1.165, 1.54) is 16.8 Å². The Balaban J connectivity index is 1.86. The Morgan fingerprint density at radius 2 is 1.52 bits per heavy atom. The highest BCUT2D eigenvalue weighted by Gasteiger charge is 2.47. The molecular weight excluding hydrogens is 514 g/mol. The molecule has 1 aliphatic carbocycles. The molecule has 0 aromatic heterocycles. The number of carbonyl (C=O) groups excluding carboxylic acids is 4. The largest absolute Gasteiger partial charge is 0.481 e. The van der Waals surface area contributed by atoms with Crippen LogP contribution < -0.4 is 10.6 Å². The molecule has 2 aliphatic heterocycles. The molecule has 0 bridgehead atoms. The molecule has 2 saturated heterocycles. The fourth-order valence-corrected chi connectivity index (χ4v) is 6.56. The van der Waals surface area contributed by atoms with Crippen LogP contribution in [-0.4, -0.2) is 107 Å². The van der Waals surface area contributed by atoms with E-state index in [1.54, 1.807) is 11.9 Å². The van der Waals surface area contributed by atoms with Crippen LogP contribution >= 0.6 is 0 Å². The summed E-state index contributed by atoms with van der Waals surface area (Å²) in [7, 11) is 3.05. The van der Waals surface area contributed by atoms with Gasteiger partial charge in [0.25, 0.3) is 0 Å². The van der Waals surface area contributed by atoms with Crippen molar-refractivity contribution in [3.63, 3.8) is 0 Å². The Bertz CT molecular complexity index is 920. The summed E-state index contributed by atoms with van der Waals surface area (Å²) in [5, 5.41) is 15.9. The molecule has 0 radical (unpaired) electrons. The number of hydrogen-bond donors (Lipinski definition) is 3. The quantitative estimate of drug-likeness (QED) is 0.344. The van der Waals surface area contributed by atoms with Crippen LogP contribution in [0.15, 0.2) is 0 Å². The topological polar surface area (TPSA) is 139 Å². The maximum Gasteiger partial charge on any atom is 0.305 e. The number of likely N-dealkylation sites (tertiary alicyclic amines) is 1. The fraction of sp³-hybridized carbons (Fsp3) is 0.828. The third-order valence-electron chi connectivity index (χ3n) is 8.86. The van der Waals surface area contributed by atoms with Crippen molar-refractivity contribution in [1.82, 2.24) is 25.3 Å². The lowest BCUT2D eigenvalue weighted by Gasteiger charge is -2.42. The van der Waals surface area contributed by atoms with E-state index in [4.69, 9.17) is 0 Å². The van der Waals surface area contributed by atoms with Gasteiger partial charge in [0, 0.05) is 27.2 Å². The fourth-order valence-electron chi connectivity index (χ4n) is 6.56. The first-order chi connectivity index (χ1) is 19.0. The van der Waals surface area contributed by atoms with Crippen LogP contribution in [0.4, 0.5) is 0 Å². The van der Waals surface area contributed by atoms with Crippen molar-refractivity contribution in [2.24, 2.45) is 5.92 Å². The van der Waals surface area contributed by atoms with Crippen molar-refractivity contribution in [2.45, 2.75) is 115 Å². The Morgan fingerprint density at radius 3 is 2.05 bits per heavy atom. The lowest BCUT2D eigenvalue weighted by atomic mass is 9.86. The highest BCUT2D eigenvalue weighted by Crippen LogP contribution is 2.31. The second kappa shape index (κ2) is 14.3. The van der Waals surface area contributed by atoms with Gasteiger partial charge >= 0.3 is 5.97 Å². The molecule has 3 aliphatic rings. The highest BCUT2D eigenvalue weighted by molar-refractivity contribution is 5.97. The van der Waals surface area contributed by atoms with Crippen molar-refractivity contribution < 1.29 is 29.1 Å². The van der Waals surface area contributed by atoms with Gasteiger partial charge in [-0.15, -0.1) is 0 Å². The van der Waals surface area contributed by atoms with E-state index in [1.807, 2.05) is 13.8 Å². The molecule has 0 aromatic rings. The molecule has 3 rings (SSSR count). The molecule has 3 atom stereocenters. The van der Waals surface area contributed by atoms with Crippen molar-refractivity contribution in [3.8, 4) is 0 Å². The van der Waals surface area contributed by atoms with E-state index in [2.05, 4.69) is 10.6 Å². The molecule has 3 N–H and O–H groups in total. The molecule has 226 valence electrons. The van der Waals surface area contributed by atoms with Gasteiger partial charge in [-0.25, -0.2) is 0 Å². The first-order valence-electron chi connectivity index (χ1n) is 15.1. The van der Waals surface area contributed by atoms with E-state index < -0.39 is 35.9 Å². The van der Waals surface area contributed by atoms with Crippen molar-refractivity contribution >= 4 is 29.6 Å². The second-order valence-electron chi connectivity index (χ2n) is 12.2. The number of likely N-dealkylation sites (N-methyl/N-ethyl adjacent to an activating group) is 2. The molecule has 0 spiro atoms. The first-order valence-corrected chi connectivity index (χ1v) is 15.1. The number of piperidine rings is 1. The first kappa shape index (κ1) is 31.8. The van der Waals surface area contributed by atoms with Gasteiger partial charge < -0.3 is 30.4 Å². The van der Waals surface area contributed by atoms with E-state index >= 15 is 0 Å². The molecule has 2 unspecified atom stereocenters. The Labute approximate surface area is 238 Å². The van der Waals surface area contributed by atoms with Crippen molar-refractivity contribution in [3.05, 3.63) is 0 Å². The predicted molar refractivity (Wildman–Crippen MR) is 150 cm³/mol. The Morgan fingerprint density at radius 1 is 0.925 bits per heavy atom. The van der Waals surface area contributed by atoms with Gasteiger partial charge in [-0.3, -0.25) is 24.0 Å². The summed E-state index contributed by atoms with van der Waals surface area (Å²) in [5.41, 5.74) is -1.11. The monoisotopic (exact) mass is 563 g/mol. The number of nitrogens with zero attached hydrogens (tertiary/aromatic N) is 3. The van der Waals surface area contributed by atoms with Crippen LogP contribution in [0.5, 0.6) is 0 Å². The summed E-state index contributed by atoms with van der Waals surface area (Å²) in [4.78, 5) is 70.9. The van der Waals surface area contributed by atoms with E-state index in [-0.39, 0.29) is 29.7 Å². The van der Waals surface area contributed by atoms with Gasteiger partial charge in [-0.2, -0.15) is 0 Å². The van der Waals surface area contributed by atoms with Gasteiger partial charge in [-0.1, -0.05) is 39.5 Å². The number of hydrogen-bond acceptors (Lipinski definition) is 6. The summed E-state index contributed by atoms with van der Waals surface area (Å²) in [6, 6.07) is -2.41. The summed E-state index contributed by atoms with van der Waals surface area (Å²) >= 11 is 0. The molecule has 11 nitrogen and oxygen atoms in total. The molecule has 0 aromatic carbocycles. The second-order valence-corrected chi connectivity index (χ2v) is 12.2. The van der Waals surface area contributed by atoms with Crippen LogP contribution in [0.1, 0.15) is 90.9 Å². The molecule has 1 saturated carbocycles. The molecule has 3 fully saturated rings. The predicted octanol–water partition coefficient (Wildman–Crippen LogP) is 1.74. The van der Waals surface area contributed by atoms with Crippen LogP contribution in [0, 0.1) is 5.92 Å². The average Bonchev–Trinajstić information content (AvgIpc) is 3.38. The minimum Gasteiger partial charge on any atom is -0.481 e. The smallest absolute Gasteiger partial charge is 0.305 e. The molecule has 2 heterocycles. The van der Waals surface area contributed by atoms with E-state index in [9.17, 15) is 29.1 Å². The lowest BCUT2D eigenvalue weighted by Crippen LogP contribution is -2.65. The van der Waals surface area contributed by atoms with E-state index in [0.29, 0.717) is 25.9 Å². The molecular formula is C29H49N5O6. The zero-order valence-corrected chi connectivity index (χ0v) is 24.7. The van der Waals surface area contributed by atoms with E-state index in [0.717, 1.165) is 64.3 Å².